The van der Waals surface area contributed by atoms with Gasteiger partial charge in [0.25, 0.3) is 0 Å². The van der Waals surface area contributed by atoms with Crippen LogP contribution < -0.4 is 11.1 Å². The molecule has 0 bridgehead atoms. The van der Waals surface area contributed by atoms with Crippen molar-refractivity contribution < 1.29 is 14.0 Å². The Morgan fingerprint density at radius 1 is 1.06 bits per heavy atom. The van der Waals surface area contributed by atoms with Crippen molar-refractivity contribution >= 4 is 40.6 Å². The van der Waals surface area contributed by atoms with E-state index >= 15 is 0 Å². The summed E-state index contributed by atoms with van der Waals surface area (Å²) in [6.45, 7) is 0.291. The number of halogens is 1. The van der Waals surface area contributed by atoms with Gasteiger partial charge < -0.3 is 15.6 Å². The minimum Gasteiger partial charge on any atom is -0.370 e. The van der Waals surface area contributed by atoms with Crippen molar-refractivity contribution in [2.24, 2.45) is 5.73 Å². The number of nitrogens with one attached hydrogen (secondary N) is 1. The molecule has 168 valence electrons. The molecule has 0 aliphatic heterocycles. The number of carbonyl (C=O) groups is 2. The molecule has 0 radical (unpaired) electrons. The van der Waals surface area contributed by atoms with Gasteiger partial charge in [-0.25, -0.2) is 4.39 Å². The number of primary amides is 1. The molecular formula is C23H20FN5O2S2. The molecule has 1 unspecified atom stereocenters. The number of anilines is 1. The number of thioether (sulfide) groups is 1. The fourth-order valence-corrected chi connectivity index (χ4v) is 4.91. The fourth-order valence-electron chi connectivity index (χ4n) is 3.13. The molecule has 0 aliphatic carbocycles. The van der Waals surface area contributed by atoms with Gasteiger partial charge in [-0.15, -0.1) is 21.5 Å². The molecule has 7 nitrogen and oxygen atoms in total. The minimum absolute atomic E-state index is 0.113. The van der Waals surface area contributed by atoms with Crippen molar-refractivity contribution in [1.82, 2.24) is 14.8 Å². The first kappa shape index (κ1) is 22.7. The molecule has 2 amide bonds. The van der Waals surface area contributed by atoms with Crippen LogP contribution in [-0.2, 0) is 16.1 Å². The summed E-state index contributed by atoms with van der Waals surface area (Å²) in [6.07, 6.45) is 0.113. The summed E-state index contributed by atoms with van der Waals surface area (Å²) in [5.41, 5.74) is 6.63. The average molecular weight is 482 g/mol. The second-order valence-electron chi connectivity index (χ2n) is 7.06. The average Bonchev–Trinajstić information content (AvgIpc) is 3.48. The van der Waals surface area contributed by atoms with Crippen molar-refractivity contribution in [3.8, 4) is 10.7 Å². The summed E-state index contributed by atoms with van der Waals surface area (Å²) in [5, 5.41) is 13.2. The van der Waals surface area contributed by atoms with Crippen LogP contribution in [0.25, 0.3) is 10.7 Å². The highest BCUT2D eigenvalue weighted by Gasteiger charge is 2.26. The lowest BCUT2D eigenvalue weighted by molar-refractivity contribution is -0.118. The molecular weight excluding hydrogens is 461 g/mol. The van der Waals surface area contributed by atoms with Gasteiger partial charge in [-0.1, -0.05) is 48.2 Å². The summed E-state index contributed by atoms with van der Waals surface area (Å²) >= 11 is 2.73. The Hall–Kier alpha value is -3.50. The Morgan fingerprint density at radius 3 is 2.48 bits per heavy atom. The van der Waals surface area contributed by atoms with E-state index in [1.807, 2.05) is 52.4 Å². The van der Waals surface area contributed by atoms with Gasteiger partial charge in [0.2, 0.25) is 11.8 Å². The first-order valence-electron chi connectivity index (χ1n) is 10.0. The van der Waals surface area contributed by atoms with Gasteiger partial charge in [-0.2, -0.15) is 0 Å². The third-order valence-corrected chi connectivity index (χ3v) is 6.82. The van der Waals surface area contributed by atoms with Crippen LogP contribution in [0.1, 0.15) is 17.2 Å². The summed E-state index contributed by atoms with van der Waals surface area (Å²) in [5.74, 6) is -0.504. The third-order valence-electron chi connectivity index (χ3n) is 4.72. The minimum atomic E-state index is -0.663. The molecule has 4 aromatic rings. The van der Waals surface area contributed by atoms with E-state index in [1.165, 1.54) is 47.4 Å². The highest BCUT2D eigenvalue weighted by molar-refractivity contribution is 8.00. The normalized spacial score (nSPS) is 11.8. The van der Waals surface area contributed by atoms with Gasteiger partial charge in [-0.05, 0) is 41.3 Å². The molecule has 10 heteroatoms. The maximum Gasteiger partial charge on any atom is 0.242 e. The molecule has 2 heterocycles. The van der Waals surface area contributed by atoms with Gasteiger partial charge in [0.15, 0.2) is 11.0 Å². The number of hydrogen-bond donors (Lipinski definition) is 2. The van der Waals surface area contributed by atoms with Crippen LogP contribution in [-0.4, -0.2) is 26.6 Å². The highest BCUT2D eigenvalue weighted by Crippen LogP contribution is 2.37. The number of benzene rings is 2. The molecule has 1 atom stereocenters. The molecule has 0 saturated carbocycles. The molecule has 3 N–H and O–H groups in total. The van der Waals surface area contributed by atoms with E-state index in [2.05, 4.69) is 15.5 Å². The fraction of sp³-hybridized carbons (Fsp3) is 0.130. The zero-order valence-electron chi connectivity index (χ0n) is 17.3. The molecule has 0 fully saturated rings. The van der Waals surface area contributed by atoms with Crippen molar-refractivity contribution in [3.63, 3.8) is 0 Å². The molecule has 0 saturated heterocycles. The summed E-state index contributed by atoms with van der Waals surface area (Å²) < 4.78 is 15.1. The van der Waals surface area contributed by atoms with Crippen LogP contribution in [0.5, 0.6) is 0 Å². The van der Waals surface area contributed by atoms with E-state index in [-0.39, 0.29) is 18.1 Å². The lowest BCUT2D eigenvalue weighted by Crippen LogP contribution is -2.20. The number of amides is 2. The summed E-state index contributed by atoms with van der Waals surface area (Å²) in [6, 6.07) is 18.7. The van der Waals surface area contributed by atoms with Crippen LogP contribution >= 0.6 is 23.1 Å². The number of nitrogens with two attached hydrogens (primary N) is 1. The zero-order valence-corrected chi connectivity index (χ0v) is 19.0. The molecule has 0 aliphatic rings. The van der Waals surface area contributed by atoms with Crippen molar-refractivity contribution in [3.05, 3.63) is 83.5 Å². The molecule has 2 aromatic carbocycles. The molecule has 33 heavy (non-hydrogen) atoms. The first-order valence-corrected chi connectivity index (χ1v) is 11.8. The van der Waals surface area contributed by atoms with Crippen molar-refractivity contribution in [1.29, 1.82) is 0 Å². The van der Waals surface area contributed by atoms with Crippen LogP contribution in [0.15, 0.2) is 77.3 Å². The van der Waals surface area contributed by atoms with Crippen LogP contribution in [0.2, 0.25) is 0 Å². The second-order valence-corrected chi connectivity index (χ2v) is 9.08. The van der Waals surface area contributed by atoms with E-state index in [9.17, 15) is 14.0 Å². The predicted molar refractivity (Wildman–Crippen MR) is 127 cm³/mol. The van der Waals surface area contributed by atoms with Crippen LogP contribution in [0.3, 0.4) is 0 Å². The smallest absolute Gasteiger partial charge is 0.242 e. The van der Waals surface area contributed by atoms with Gasteiger partial charge in [-0.3, -0.25) is 9.59 Å². The monoisotopic (exact) mass is 481 g/mol. The number of carbonyl (C=O) groups excluding carboxylic acids is 2. The highest BCUT2D eigenvalue weighted by atomic mass is 32.2. The number of thiophene rings is 1. The summed E-state index contributed by atoms with van der Waals surface area (Å²) in [7, 11) is 0. The van der Waals surface area contributed by atoms with Crippen molar-refractivity contribution in [2.75, 3.05) is 5.32 Å². The lowest BCUT2D eigenvalue weighted by Gasteiger charge is -2.17. The molecule has 2 aromatic heterocycles. The zero-order chi connectivity index (χ0) is 23.2. The van der Waals surface area contributed by atoms with E-state index in [0.29, 0.717) is 23.2 Å². The summed E-state index contributed by atoms with van der Waals surface area (Å²) in [4.78, 5) is 25.6. The number of rotatable bonds is 9. The van der Waals surface area contributed by atoms with Gasteiger partial charge in [0, 0.05) is 18.7 Å². The van der Waals surface area contributed by atoms with Gasteiger partial charge >= 0.3 is 0 Å². The Bertz CT molecular complexity index is 1230. The lowest BCUT2D eigenvalue weighted by atomic mass is 10.1. The molecule has 0 spiro atoms. The quantitative estimate of drug-likeness (QED) is 0.343. The predicted octanol–water partition coefficient (Wildman–Crippen LogP) is 4.49. The Balaban J connectivity index is 1.66. The van der Waals surface area contributed by atoms with E-state index in [4.69, 9.17) is 5.73 Å². The second kappa shape index (κ2) is 10.4. The maximum atomic E-state index is 13.3. The SMILES string of the molecule is NC(=O)CCn1c(SC(C(=O)Nc2ccc(F)cc2)c2ccccc2)nnc1-c1cccs1. The number of nitrogens with zero attached hydrogens (tertiary/aromatic N) is 3. The maximum absolute atomic E-state index is 13.3. The van der Waals surface area contributed by atoms with E-state index < -0.39 is 11.2 Å². The largest absolute Gasteiger partial charge is 0.370 e. The van der Waals surface area contributed by atoms with Crippen molar-refractivity contribution in [2.45, 2.75) is 23.4 Å². The topological polar surface area (TPSA) is 103 Å². The Morgan fingerprint density at radius 2 is 1.82 bits per heavy atom. The third kappa shape index (κ3) is 5.65. The Labute approximate surface area is 197 Å². The van der Waals surface area contributed by atoms with E-state index in [1.54, 1.807) is 0 Å². The van der Waals surface area contributed by atoms with Gasteiger partial charge in [0.05, 0.1) is 4.88 Å². The first-order chi connectivity index (χ1) is 16.0. The molecule has 4 rings (SSSR count). The standard InChI is InChI=1S/C23H20FN5O2S2/c24-16-8-10-17(11-9-16)26-22(31)20(15-5-2-1-3-6-15)33-23-28-27-21(18-7-4-14-32-18)29(23)13-12-19(25)30/h1-11,14,20H,12-13H2,(H2,25,30)(H,26,31). The van der Waals surface area contributed by atoms with Crippen LogP contribution in [0.4, 0.5) is 10.1 Å². The van der Waals surface area contributed by atoms with Gasteiger partial charge in [0.1, 0.15) is 11.1 Å². The number of aromatic nitrogens is 3. The number of hydrogen-bond acceptors (Lipinski definition) is 6. The Kier molecular flexibility index (Phi) is 7.16. The van der Waals surface area contributed by atoms with Crippen LogP contribution in [0, 0.1) is 5.82 Å². The van der Waals surface area contributed by atoms with E-state index in [0.717, 1.165) is 10.4 Å².